The summed E-state index contributed by atoms with van der Waals surface area (Å²) in [7, 11) is -0.194. The van der Waals surface area contributed by atoms with Gasteiger partial charge in [-0.05, 0) is 13.8 Å². The second-order valence-corrected chi connectivity index (χ2v) is 30.8. The summed E-state index contributed by atoms with van der Waals surface area (Å²) in [6, 6.07) is 17.3. The summed E-state index contributed by atoms with van der Waals surface area (Å²) in [5.41, 5.74) is 10.5. The summed E-state index contributed by atoms with van der Waals surface area (Å²) in [6.45, 7) is 8.47. The number of benzene rings is 2. The van der Waals surface area contributed by atoms with Crippen molar-refractivity contribution in [3.05, 3.63) is 106 Å². The number of aryl methyl sites for hydroxylation is 2. The van der Waals surface area contributed by atoms with E-state index in [2.05, 4.69) is 112 Å². The Balaban J connectivity index is 0.000000490. The summed E-state index contributed by atoms with van der Waals surface area (Å²) in [5.74, 6) is 4.79. The van der Waals surface area contributed by atoms with Crippen molar-refractivity contribution < 1.29 is 46.1 Å². The third-order valence-electron chi connectivity index (χ3n) is 4.88. The molecule has 0 heterocycles. The van der Waals surface area contributed by atoms with Crippen LogP contribution in [0.2, 0.25) is 11.5 Å². The van der Waals surface area contributed by atoms with Crippen LogP contribution in [-0.2, 0) is 21.3 Å². The molecule has 0 N–H and O–H groups in total. The largest absolute Gasteiger partial charge is 1.00 e. The van der Waals surface area contributed by atoms with Crippen LogP contribution in [0.15, 0.2) is 71.8 Å². The van der Waals surface area contributed by atoms with E-state index in [0.29, 0.717) is 0 Å². The molecule has 2 aromatic rings. The minimum Gasteiger partial charge on any atom is -1.00 e. The van der Waals surface area contributed by atoms with Crippen molar-refractivity contribution in [2.75, 3.05) is 0 Å². The summed E-state index contributed by atoms with van der Waals surface area (Å²) in [6.07, 6.45) is 13.0. The maximum absolute atomic E-state index is 3.31. The number of hydrogen-bond donors (Lipinski definition) is 0. The SMILES string of the molecule is CC1=[C-]CC=C1c1ccc(C)cc1.CC1=[C-]CC=C1c1ccc(C)cc1.[CH3][Ge]([CH3])=[Hf+2].[Cl-].[Cl-]. The van der Waals surface area contributed by atoms with Gasteiger partial charge in [0, 0.05) is 0 Å². The van der Waals surface area contributed by atoms with Crippen LogP contribution in [0.5, 0.6) is 0 Å². The Bertz CT molecular complexity index is 913. The summed E-state index contributed by atoms with van der Waals surface area (Å²) >= 11 is 1.52. The fraction of sp³-hybridized carbons (Fsp3) is 0.286. The molecule has 0 spiro atoms. The first kappa shape index (κ1) is 31.4. The van der Waals surface area contributed by atoms with Gasteiger partial charge in [-0.2, -0.15) is 23.3 Å². The molecule has 168 valence electrons. The van der Waals surface area contributed by atoms with Gasteiger partial charge in [0.05, 0.1) is 0 Å². The quantitative estimate of drug-likeness (QED) is 0.334. The van der Waals surface area contributed by atoms with E-state index in [1.807, 2.05) is 0 Å². The van der Waals surface area contributed by atoms with Crippen LogP contribution >= 0.6 is 0 Å². The van der Waals surface area contributed by atoms with Crippen LogP contribution in [0.3, 0.4) is 0 Å². The van der Waals surface area contributed by atoms with Crippen molar-refractivity contribution in [2.45, 2.75) is 52.0 Å². The van der Waals surface area contributed by atoms with Gasteiger partial charge in [-0.3, -0.25) is 12.2 Å². The standard InChI is InChI=1S/2C13H13.C2H6Ge.2ClH.Hf/c2*1-10-6-8-12(9-7-10)13-5-3-4-11(13)2;1-3-2;;;/h2*5-9H,3H2,1-2H3;1-2H3;2*1H;/q2*-1;;;;+2/p-2. The molecule has 32 heavy (non-hydrogen) atoms. The van der Waals surface area contributed by atoms with Gasteiger partial charge in [0.15, 0.2) is 0 Å². The molecule has 0 radical (unpaired) electrons. The number of halogens is 2. The van der Waals surface area contributed by atoms with E-state index in [1.54, 1.807) is 0 Å². The van der Waals surface area contributed by atoms with Crippen molar-refractivity contribution in [1.82, 2.24) is 0 Å². The normalized spacial score (nSPS) is 13.5. The van der Waals surface area contributed by atoms with E-state index in [9.17, 15) is 0 Å². The molecule has 2 aromatic carbocycles. The molecule has 0 unspecified atom stereocenters. The van der Waals surface area contributed by atoms with Gasteiger partial charge in [0.2, 0.25) is 0 Å². The summed E-state index contributed by atoms with van der Waals surface area (Å²) in [5, 5.41) is 0. The average molecular weight is 691 g/mol. The van der Waals surface area contributed by atoms with Gasteiger partial charge in [-0.15, -0.1) is 24.0 Å². The Morgan fingerprint density at radius 2 is 0.906 bits per heavy atom. The minimum atomic E-state index is -0.194. The van der Waals surface area contributed by atoms with Crippen LogP contribution in [0.25, 0.3) is 11.1 Å². The molecule has 0 aliphatic heterocycles. The van der Waals surface area contributed by atoms with E-state index in [-0.39, 0.29) is 34.9 Å². The zero-order valence-corrected chi connectivity index (χ0v) is 27.1. The van der Waals surface area contributed by atoms with Gasteiger partial charge in [-0.25, -0.2) is 11.1 Å². The fourth-order valence-corrected chi connectivity index (χ4v) is 3.24. The van der Waals surface area contributed by atoms with Gasteiger partial charge < -0.3 is 24.8 Å². The van der Waals surface area contributed by atoms with E-state index in [4.69, 9.17) is 0 Å². The molecule has 0 aromatic heterocycles. The monoisotopic (exact) mass is 692 g/mol. The molecule has 2 aliphatic rings. The van der Waals surface area contributed by atoms with Gasteiger partial charge in [0.25, 0.3) is 0 Å². The smallest absolute Gasteiger partial charge is 1.00 e. The van der Waals surface area contributed by atoms with Crippen molar-refractivity contribution in [3.8, 4) is 0 Å². The minimum absolute atomic E-state index is 0. The van der Waals surface area contributed by atoms with Crippen LogP contribution in [0.4, 0.5) is 0 Å². The summed E-state index contributed by atoms with van der Waals surface area (Å²) in [4.78, 5) is 0. The van der Waals surface area contributed by atoms with Gasteiger partial charge in [0.1, 0.15) is 0 Å². The Labute approximate surface area is 223 Å². The van der Waals surface area contributed by atoms with E-state index < -0.39 is 0 Å². The third-order valence-corrected chi connectivity index (χ3v) is 4.88. The molecule has 4 rings (SSSR count). The van der Waals surface area contributed by atoms with E-state index in [1.165, 1.54) is 65.8 Å². The third kappa shape index (κ3) is 10.5. The number of hydrogen-bond acceptors (Lipinski definition) is 0. The second kappa shape index (κ2) is 16.1. The molecule has 0 fully saturated rings. The Kier molecular flexibility index (Phi) is 15.8. The molecule has 0 saturated heterocycles. The topological polar surface area (TPSA) is 0 Å². The van der Waals surface area contributed by atoms with Crippen molar-refractivity contribution in [1.29, 1.82) is 0 Å². The molecule has 0 nitrogen and oxygen atoms in total. The zero-order chi connectivity index (χ0) is 22.1. The van der Waals surface area contributed by atoms with Crippen LogP contribution in [-0.4, -0.2) is 10.1 Å². The Hall–Kier alpha value is -0.607. The van der Waals surface area contributed by atoms with Crippen LogP contribution in [0.1, 0.15) is 48.9 Å². The van der Waals surface area contributed by atoms with Gasteiger partial charge in [-0.1, -0.05) is 73.5 Å². The first-order valence-corrected chi connectivity index (χ1v) is 25.1. The fourth-order valence-electron chi connectivity index (χ4n) is 3.24. The first-order valence-electron chi connectivity index (χ1n) is 10.5. The summed E-state index contributed by atoms with van der Waals surface area (Å²) < 4.78 is 0. The van der Waals surface area contributed by atoms with Crippen LogP contribution in [0, 0.1) is 26.0 Å². The van der Waals surface area contributed by atoms with Crippen molar-refractivity contribution in [3.63, 3.8) is 0 Å². The molecular weight excluding hydrogens is 658 g/mol. The second-order valence-electron chi connectivity index (χ2n) is 7.98. The number of rotatable bonds is 2. The maximum Gasteiger partial charge on any atom is -1.00 e. The van der Waals surface area contributed by atoms with E-state index >= 15 is 0 Å². The van der Waals surface area contributed by atoms with E-state index in [0.717, 1.165) is 12.8 Å². The molecule has 0 atom stereocenters. The molecule has 2 aliphatic carbocycles. The molecular formula is C28H32Cl2GeHf-2. The zero-order valence-electron chi connectivity index (χ0n) is 19.9. The average Bonchev–Trinajstić information content (AvgIpc) is 3.31. The predicted molar refractivity (Wildman–Crippen MR) is 130 cm³/mol. The molecule has 4 heteroatoms. The Morgan fingerprint density at radius 1 is 0.625 bits per heavy atom. The molecule has 0 saturated carbocycles. The molecule has 0 bridgehead atoms. The predicted octanol–water partition coefficient (Wildman–Crippen LogP) is 1.86. The number of allylic oxidation sites excluding steroid dienone is 8. The van der Waals surface area contributed by atoms with Crippen LogP contribution < -0.4 is 24.8 Å². The first-order chi connectivity index (χ1) is 14.3. The van der Waals surface area contributed by atoms with Crippen molar-refractivity contribution in [2.24, 2.45) is 0 Å². The molecule has 0 amide bonds. The maximum atomic E-state index is 3.31. The van der Waals surface area contributed by atoms with Gasteiger partial charge >= 0.3 is 42.8 Å². The van der Waals surface area contributed by atoms with Crippen molar-refractivity contribution >= 4 is 21.2 Å². The Morgan fingerprint density at radius 3 is 1.12 bits per heavy atom.